The van der Waals surface area contributed by atoms with Crippen molar-refractivity contribution in [2.45, 2.75) is 43.0 Å². The molecule has 7 nitrogen and oxygen atoms in total. The van der Waals surface area contributed by atoms with E-state index in [2.05, 4.69) is 61.9 Å². The molecule has 5 rings (SSSR count). The number of fused-ring (bicyclic) bond motifs is 1. The van der Waals surface area contributed by atoms with Gasteiger partial charge in [0.25, 0.3) is 0 Å². The molecule has 32 heavy (non-hydrogen) atoms. The Balaban J connectivity index is 1.28. The Bertz CT molecular complexity index is 1050. The summed E-state index contributed by atoms with van der Waals surface area (Å²) in [7, 11) is 0. The maximum Gasteiger partial charge on any atom is 0.165 e. The van der Waals surface area contributed by atoms with Crippen LogP contribution in [0, 0.1) is 0 Å². The molecule has 2 aromatic heterocycles. The Hall–Kier alpha value is -1.94. The lowest BCUT2D eigenvalue weighted by atomic mass is 10.1. The number of hydrogen-bond acceptors (Lipinski definition) is 9. The fourth-order valence-electron chi connectivity index (χ4n) is 4.28. The number of aromatic nitrogens is 3. The second kappa shape index (κ2) is 9.91. The zero-order valence-corrected chi connectivity index (χ0v) is 20.3. The molecule has 2 aliphatic rings. The predicted octanol–water partition coefficient (Wildman–Crippen LogP) is 4.31. The Morgan fingerprint density at radius 3 is 2.84 bits per heavy atom. The third-order valence-electron chi connectivity index (χ3n) is 6.10. The van der Waals surface area contributed by atoms with Crippen molar-refractivity contribution >= 4 is 45.7 Å². The van der Waals surface area contributed by atoms with Crippen LogP contribution in [0.3, 0.4) is 0 Å². The van der Waals surface area contributed by atoms with E-state index in [1.807, 2.05) is 0 Å². The molecular formula is C23H30N6OS2. The molecule has 0 aliphatic carbocycles. The summed E-state index contributed by atoms with van der Waals surface area (Å²) in [5.41, 5.74) is 3.39. The smallest absolute Gasteiger partial charge is 0.165 e. The first-order chi connectivity index (χ1) is 15.7. The molecule has 3 aromatic rings. The zero-order chi connectivity index (χ0) is 21.9. The Kier molecular flexibility index (Phi) is 6.77. The summed E-state index contributed by atoms with van der Waals surface area (Å²) >= 11 is 3.39. The number of ether oxygens (including phenoxy) is 1. The molecule has 0 saturated carbocycles. The monoisotopic (exact) mass is 470 g/mol. The molecule has 1 atom stereocenters. The molecule has 1 aromatic carbocycles. The van der Waals surface area contributed by atoms with Crippen LogP contribution in [-0.4, -0.2) is 60.4 Å². The van der Waals surface area contributed by atoms with E-state index >= 15 is 0 Å². The fourth-order valence-corrected chi connectivity index (χ4v) is 6.08. The summed E-state index contributed by atoms with van der Waals surface area (Å²) in [6, 6.07) is 6.98. The number of nitrogens with zero attached hydrogens (tertiary/aromatic N) is 5. The third-order valence-corrected chi connectivity index (χ3v) is 8.01. The lowest BCUT2D eigenvalue weighted by Gasteiger charge is -2.34. The number of morpholine rings is 1. The van der Waals surface area contributed by atoms with Gasteiger partial charge in [-0.2, -0.15) is 0 Å². The van der Waals surface area contributed by atoms with Gasteiger partial charge in [0.15, 0.2) is 4.34 Å². The Labute approximate surface area is 197 Å². The van der Waals surface area contributed by atoms with E-state index < -0.39 is 0 Å². The van der Waals surface area contributed by atoms with Crippen molar-refractivity contribution in [1.29, 1.82) is 0 Å². The SMILES string of the molecule is CC(C)c1csc(SNC2CCCN(c3ncnc4cc(N5CCOCC5)ccc34)C2)n1. The van der Waals surface area contributed by atoms with E-state index in [-0.39, 0.29) is 0 Å². The van der Waals surface area contributed by atoms with E-state index in [1.165, 1.54) is 11.4 Å². The maximum atomic E-state index is 5.49. The maximum absolute atomic E-state index is 5.49. The van der Waals surface area contributed by atoms with Crippen molar-refractivity contribution in [2.24, 2.45) is 0 Å². The number of rotatable bonds is 6. The van der Waals surface area contributed by atoms with Gasteiger partial charge in [0, 0.05) is 48.7 Å². The highest BCUT2D eigenvalue weighted by Crippen LogP contribution is 2.30. The van der Waals surface area contributed by atoms with E-state index in [0.29, 0.717) is 12.0 Å². The number of anilines is 2. The van der Waals surface area contributed by atoms with Gasteiger partial charge in [0.2, 0.25) is 0 Å². The normalized spacial score (nSPS) is 19.8. The van der Waals surface area contributed by atoms with Gasteiger partial charge in [0.05, 0.1) is 24.4 Å². The van der Waals surface area contributed by atoms with Crippen LogP contribution >= 0.6 is 23.3 Å². The molecule has 0 amide bonds. The second-order valence-electron chi connectivity index (χ2n) is 8.70. The van der Waals surface area contributed by atoms with Crippen molar-refractivity contribution in [3.05, 3.63) is 35.6 Å². The average molecular weight is 471 g/mol. The summed E-state index contributed by atoms with van der Waals surface area (Å²) in [4.78, 5) is 18.8. The third kappa shape index (κ3) is 4.85. The fraction of sp³-hybridized carbons (Fsp3) is 0.522. The molecule has 2 aliphatic heterocycles. The van der Waals surface area contributed by atoms with Crippen molar-refractivity contribution in [1.82, 2.24) is 19.7 Å². The van der Waals surface area contributed by atoms with Crippen LogP contribution in [0.4, 0.5) is 11.5 Å². The van der Waals surface area contributed by atoms with Gasteiger partial charge in [-0.25, -0.2) is 15.0 Å². The lowest BCUT2D eigenvalue weighted by Crippen LogP contribution is -2.44. The topological polar surface area (TPSA) is 66.4 Å². The largest absolute Gasteiger partial charge is 0.378 e. The van der Waals surface area contributed by atoms with E-state index in [9.17, 15) is 0 Å². The van der Waals surface area contributed by atoms with Gasteiger partial charge in [0.1, 0.15) is 12.1 Å². The quantitative estimate of drug-likeness (QED) is 0.535. The van der Waals surface area contributed by atoms with Crippen LogP contribution in [-0.2, 0) is 4.74 Å². The van der Waals surface area contributed by atoms with Crippen LogP contribution in [0.1, 0.15) is 38.3 Å². The minimum atomic E-state index is 0.401. The number of nitrogens with one attached hydrogen (secondary N) is 1. The van der Waals surface area contributed by atoms with Gasteiger partial charge in [-0.3, -0.25) is 4.72 Å². The molecule has 9 heteroatoms. The van der Waals surface area contributed by atoms with Gasteiger partial charge < -0.3 is 14.5 Å². The van der Waals surface area contributed by atoms with E-state index in [4.69, 9.17) is 9.72 Å². The molecule has 2 saturated heterocycles. The predicted molar refractivity (Wildman–Crippen MR) is 133 cm³/mol. The first kappa shape index (κ1) is 21.9. The van der Waals surface area contributed by atoms with Crippen LogP contribution in [0.25, 0.3) is 10.9 Å². The van der Waals surface area contributed by atoms with Crippen LogP contribution in [0.2, 0.25) is 0 Å². The molecule has 170 valence electrons. The molecule has 0 radical (unpaired) electrons. The Morgan fingerprint density at radius 1 is 1.16 bits per heavy atom. The van der Waals surface area contributed by atoms with Crippen molar-refractivity contribution in [3.63, 3.8) is 0 Å². The summed E-state index contributed by atoms with van der Waals surface area (Å²) in [6.07, 6.45) is 4.01. The molecule has 1 unspecified atom stereocenters. The highest BCUT2D eigenvalue weighted by molar-refractivity contribution is 7.99. The molecule has 0 bridgehead atoms. The van der Waals surface area contributed by atoms with E-state index in [0.717, 1.165) is 73.3 Å². The van der Waals surface area contributed by atoms with Gasteiger partial charge in [-0.1, -0.05) is 13.8 Å². The summed E-state index contributed by atoms with van der Waals surface area (Å²) in [6.45, 7) is 9.76. The standard InChI is InChI=1S/C23H30N6OS2/c1-16(2)21-14-31-23(26-21)32-27-17-4-3-7-29(13-17)22-19-6-5-18(12-20(19)24-15-25-22)28-8-10-30-11-9-28/h5-6,12,14-17,27H,3-4,7-11,13H2,1-2H3. The van der Waals surface area contributed by atoms with Crippen molar-refractivity contribution in [3.8, 4) is 0 Å². The average Bonchev–Trinajstić information content (AvgIpc) is 3.32. The summed E-state index contributed by atoms with van der Waals surface area (Å²) in [5, 5.41) is 3.29. The van der Waals surface area contributed by atoms with Gasteiger partial charge in [-0.15, -0.1) is 11.3 Å². The van der Waals surface area contributed by atoms with Crippen LogP contribution in [0.5, 0.6) is 0 Å². The first-order valence-corrected chi connectivity index (χ1v) is 13.1. The van der Waals surface area contributed by atoms with E-state index in [1.54, 1.807) is 29.6 Å². The van der Waals surface area contributed by atoms with Crippen LogP contribution < -0.4 is 14.5 Å². The molecule has 1 N–H and O–H groups in total. The molecular weight excluding hydrogens is 440 g/mol. The van der Waals surface area contributed by atoms with Crippen LogP contribution in [0.15, 0.2) is 34.2 Å². The number of piperidine rings is 1. The highest BCUT2D eigenvalue weighted by atomic mass is 32.2. The Morgan fingerprint density at radius 2 is 2.03 bits per heavy atom. The first-order valence-electron chi connectivity index (χ1n) is 11.4. The number of hydrogen-bond donors (Lipinski definition) is 1. The summed E-state index contributed by atoms with van der Waals surface area (Å²) < 4.78 is 10.2. The van der Waals surface area contributed by atoms with Crippen molar-refractivity contribution < 1.29 is 4.74 Å². The van der Waals surface area contributed by atoms with Gasteiger partial charge in [-0.05, 0) is 48.9 Å². The number of benzene rings is 1. The molecule has 0 spiro atoms. The van der Waals surface area contributed by atoms with Crippen molar-refractivity contribution in [2.75, 3.05) is 49.2 Å². The second-order valence-corrected chi connectivity index (χ2v) is 10.6. The van der Waals surface area contributed by atoms with Gasteiger partial charge >= 0.3 is 0 Å². The molecule has 2 fully saturated rings. The molecule has 4 heterocycles. The zero-order valence-electron chi connectivity index (χ0n) is 18.7. The highest BCUT2D eigenvalue weighted by Gasteiger charge is 2.23. The number of thiazole rings is 1. The summed E-state index contributed by atoms with van der Waals surface area (Å²) in [5.74, 6) is 1.51. The minimum Gasteiger partial charge on any atom is -0.378 e. The minimum absolute atomic E-state index is 0.401. The lowest BCUT2D eigenvalue weighted by molar-refractivity contribution is 0.122.